The van der Waals surface area contributed by atoms with E-state index in [1.54, 1.807) is 12.1 Å². The lowest BCUT2D eigenvalue weighted by Gasteiger charge is -2.39. The molecule has 0 spiro atoms. The first-order valence-corrected chi connectivity index (χ1v) is 9.77. The molecule has 158 valence electrons. The third-order valence-electron chi connectivity index (χ3n) is 5.45. The van der Waals surface area contributed by atoms with Gasteiger partial charge in [0.05, 0.1) is 5.56 Å². The molecule has 1 aromatic carbocycles. The number of rotatable bonds is 5. The maximum atomic E-state index is 12.9. The van der Waals surface area contributed by atoms with Crippen LogP contribution in [0.2, 0.25) is 0 Å². The fourth-order valence-corrected chi connectivity index (χ4v) is 4.01. The first-order chi connectivity index (χ1) is 13.7. The summed E-state index contributed by atoms with van der Waals surface area (Å²) in [4.78, 5) is 18.7. The van der Waals surface area contributed by atoms with Gasteiger partial charge in [-0.3, -0.25) is 9.69 Å². The molecule has 2 heterocycles. The van der Waals surface area contributed by atoms with Crippen molar-refractivity contribution in [1.82, 2.24) is 15.2 Å². The number of oxazole rings is 1. The summed E-state index contributed by atoms with van der Waals surface area (Å²) >= 11 is 0. The van der Waals surface area contributed by atoms with Gasteiger partial charge in [0.1, 0.15) is 5.76 Å². The van der Waals surface area contributed by atoms with E-state index in [9.17, 15) is 18.0 Å². The van der Waals surface area contributed by atoms with Crippen LogP contribution in [0.4, 0.5) is 13.2 Å². The van der Waals surface area contributed by atoms with Gasteiger partial charge in [-0.15, -0.1) is 0 Å². The van der Waals surface area contributed by atoms with E-state index in [2.05, 4.69) is 15.2 Å². The summed E-state index contributed by atoms with van der Waals surface area (Å²) in [5.41, 5.74) is 0.454. The minimum Gasteiger partial charge on any atom is -0.447 e. The second-order valence-corrected chi connectivity index (χ2v) is 7.88. The van der Waals surface area contributed by atoms with Crippen molar-refractivity contribution in [2.45, 2.75) is 44.8 Å². The standard InChI is InChI=1S/C21H26F3N3O2/c1-13(2)19-17(26-12-29-19)20(28)25-11-15-5-4-10-27(3)18(15)14-6-8-16(9-7-14)21(22,23)24/h6-9,12-13,15,18H,4-5,10-11H2,1-3H3,(H,25,28). The lowest BCUT2D eigenvalue weighted by molar-refractivity contribution is -0.137. The van der Waals surface area contributed by atoms with Crippen molar-refractivity contribution in [1.29, 1.82) is 0 Å². The third-order valence-corrected chi connectivity index (χ3v) is 5.45. The van der Waals surface area contributed by atoms with Crippen molar-refractivity contribution in [3.05, 3.63) is 53.2 Å². The van der Waals surface area contributed by atoms with Crippen molar-refractivity contribution in [3.8, 4) is 0 Å². The van der Waals surface area contributed by atoms with Gasteiger partial charge in [0.2, 0.25) is 0 Å². The maximum Gasteiger partial charge on any atom is 0.416 e. The van der Waals surface area contributed by atoms with Crippen LogP contribution in [0.3, 0.4) is 0 Å². The maximum absolute atomic E-state index is 12.9. The predicted molar refractivity (Wildman–Crippen MR) is 102 cm³/mol. The van der Waals surface area contributed by atoms with Gasteiger partial charge in [0.25, 0.3) is 5.91 Å². The number of hydrogen-bond acceptors (Lipinski definition) is 4. The zero-order chi connectivity index (χ0) is 21.2. The van der Waals surface area contributed by atoms with Gasteiger partial charge in [-0.25, -0.2) is 4.98 Å². The lowest BCUT2D eigenvalue weighted by atomic mass is 9.84. The second-order valence-electron chi connectivity index (χ2n) is 7.88. The van der Waals surface area contributed by atoms with Gasteiger partial charge in [0.15, 0.2) is 12.1 Å². The molecule has 2 atom stereocenters. The highest BCUT2D eigenvalue weighted by Crippen LogP contribution is 2.36. The SMILES string of the molecule is CC(C)c1ocnc1C(=O)NCC1CCCN(C)C1c1ccc(C(F)(F)F)cc1. The number of alkyl halides is 3. The van der Waals surface area contributed by atoms with Crippen LogP contribution in [0.15, 0.2) is 35.1 Å². The molecule has 1 amide bonds. The van der Waals surface area contributed by atoms with Crippen molar-refractivity contribution in [2.75, 3.05) is 20.1 Å². The molecule has 1 fully saturated rings. The van der Waals surface area contributed by atoms with E-state index in [1.807, 2.05) is 20.9 Å². The molecule has 1 aliphatic heterocycles. The Labute approximate surface area is 168 Å². The molecular weight excluding hydrogens is 383 g/mol. The summed E-state index contributed by atoms with van der Waals surface area (Å²) in [5.74, 6) is 0.382. The Morgan fingerprint density at radius 1 is 1.31 bits per heavy atom. The van der Waals surface area contributed by atoms with Crippen LogP contribution in [0.25, 0.3) is 0 Å². The van der Waals surface area contributed by atoms with Gasteiger partial charge in [-0.05, 0) is 50.0 Å². The Morgan fingerprint density at radius 3 is 2.62 bits per heavy atom. The molecule has 0 bridgehead atoms. The van der Waals surface area contributed by atoms with Crippen LogP contribution >= 0.6 is 0 Å². The summed E-state index contributed by atoms with van der Waals surface area (Å²) in [5, 5.41) is 2.94. The van der Waals surface area contributed by atoms with Crippen LogP contribution in [-0.2, 0) is 6.18 Å². The zero-order valence-corrected chi connectivity index (χ0v) is 16.8. The molecule has 1 N–H and O–H groups in total. The van der Waals surface area contributed by atoms with Crippen molar-refractivity contribution < 1.29 is 22.4 Å². The number of piperidine rings is 1. The normalized spacial score (nSPS) is 20.8. The van der Waals surface area contributed by atoms with Gasteiger partial charge in [-0.1, -0.05) is 26.0 Å². The molecule has 1 aromatic heterocycles. The quantitative estimate of drug-likeness (QED) is 0.782. The largest absolute Gasteiger partial charge is 0.447 e. The fourth-order valence-electron chi connectivity index (χ4n) is 4.01. The molecule has 8 heteroatoms. The number of halogens is 3. The molecule has 1 saturated heterocycles. The summed E-state index contributed by atoms with van der Waals surface area (Å²) in [6, 6.07) is 5.26. The number of nitrogens with zero attached hydrogens (tertiary/aromatic N) is 2. The first kappa shape index (κ1) is 21.4. The van der Waals surface area contributed by atoms with Gasteiger partial charge >= 0.3 is 6.18 Å². The van der Waals surface area contributed by atoms with E-state index < -0.39 is 11.7 Å². The summed E-state index contributed by atoms with van der Waals surface area (Å²) in [7, 11) is 1.96. The molecule has 29 heavy (non-hydrogen) atoms. The Kier molecular flexibility index (Phi) is 6.31. The molecule has 3 rings (SSSR count). The highest BCUT2D eigenvalue weighted by atomic mass is 19.4. The van der Waals surface area contributed by atoms with Crippen LogP contribution < -0.4 is 5.32 Å². The molecular formula is C21H26F3N3O2. The summed E-state index contributed by atoms with van der Waals surface area (Å²) < 4.78 is 43.9. The third kappa shape index (κ3) is 4.80. The molecule has 0 radical (unpaired) electrons. The predicted octanol–water partition coefficient (Wildman–Crippen LogP) is 4.63. The number of nitrogens with one attached hydrogen (secondary N) is 1. The smallest absolute Gasteiger partial charge is 0.416 e. The van der Waals surface area contributed by atoms with E-state index in [0.29, 0.717) is 12.3 Å². The average molecular weight is 409 g/mol. The van der Waals surface area contributed by atoms with Gasteiger partial charge in [0, 0.05) is 18.5 Å². The average Bonchev–Trinajstić information content (AvgIpc) is 3.16. The van der Waals surface area contributed by atoms with E-state index in [-0.39, 0.29) is 29.5 Å². The molecule has 0 aliphatic carbocycles. The fraction of sp³-hybridized carbons (Fsp3) is 0.524. The molecule has 1 aliphatic rings. The number of amides is 1. The van der Waals surface area contributed by atoms with Crippen molar-refractivity contribution in [2.24, 2.45) is 5.92 Å². The Balaban J connectivity index is 1.73. The van der Waals surface area contributed by atoms with Crippen LogP contribution in [0.5, 0.6) is 0 Å². The Hall–Kier alpha value is -2.35. The molecule has 2 aromatic rings. The lowest BCUT2D eigenvalue weighted by Crippen LogP contribution is -2.42. The monoisotopic (exact) mass is 409 g/mol. The van der Waals surface area contributed by atoms with Crippen molar-refractivity contribution in [3.63, 3.8) is 0 Å². The summed E-state index contributed by atoms with van der Waals surface area (Å²) in [6.07, 6.45) is -1.23. The molecule has 5 nitrogen and oxygen atoms in total. The number of carbonyl (C=O) groups is 1. The molecule has 2 unspecified atom stereocenters. The number of likely N-dealkylation sites (tertiary alicyclic amines) is 1. The van der Waals surface area contributed by atoms with E-state index in [4.69, 9.17) is 4.42 Å². The number of aromatic nitrogens is 1. The Morgan fingerprint density at radius 2 is 2.00 bits per heavy atom. The minimum absolute atomic E-state index is 0.0407. The first-order valence-electron chi connectivity index (χ1n) is 9.77. The highest BCUT2D eigenvalue weighted by Gasteiger charge is 2.33. The van der Waals surface area contributed by atoms with Crippen LogP contribution in [-0.4, -0.2) is 35.9 Å². The van der Waals surface area contributed by atoms with E-state index in [0.717, 1.165) is 37.1 Å². The minimum atomic E-state index is -4.35. The van der Waals surface area contributed by atoms with Gasteiger partial charge < -0.3 is 9.73 Å². The number of hydrogen-bond donors (Lipinski definition) is 1. The number of carbonyl (C=O) groups excluding carboxylic acids is 1. The Bertz CT molecular complexity index is 830. The van der Waals surface area contributed by atoms with Crippen molar-refractivity contribution >= 4 is 5.91 Å². The molecule has 0 saturated carbocycles. The zero-order valence-electron chi connectivity index (χ0n) is 16.8. The second kappa shape index (κ2) is 8.57. The van der Waals surface area contributed by atoms with E-state index in [1.165, 1.54) is 6.39 Å². The highest BCUT2D eigenvalue weighted by molar-refractivity contribution is 5.93. The summed E-state index contributed by atoms with van der Waals surface area (Å²) in [6.45, 7) is 5.12. The van der Waals surface area contributed by atoms with Gasteiger partial charge in [-0.2, -0.15) is 13.2 Å². The number of benzene rings is 1. The van der Waals surface area contributed by atoms with Crippen LogP contribution in [0, 0.1) is 5.92 Å². The van der Waals surface area contributed by atoms with E-state index >= 15 is 0 Å². The topological polar surface area (TPSA) is 58.4 Å². The van der Waals surface area contributed by atoms with Crippen LogP contribution in [0.1, 0.15) is 66.0 Å².